The van der Waals surface area contributed by atoms with Gasteiger partial charge in [0.25, 0.3) is 0 Å². The minimum absolute atomic E-state index is 0.0375. The lowest BCUT2D eigenvalue weighted by molar-refractivity contribution is 0.0991. The van der Waals surface area contributed by atoms with Gasteiger partial charge in [-0.2, -0.15) is 9.61 Å². The summed E-state index contributed by atoms with van der Waals surface area (Å²) in [6.45, 7) is 7.83. The number of hydrogen-bond donors (Lipinski definition) is 2. The average molecular weight is 354 g/mol. The monoisotopic (exact) mass is 354 g/mol. The van der Waals surface area contributed by atoms with E-state index in [4.69, 9.17) is 19.9 Å². The lowest BCUT2D eigenvalue weighted by atomic mass is 10.1. The molecular formula is C20H26N4O2. The second kappa shape index (κ2) is 8.29. The summed E-state index contributed by atoms with van der Waals surface area (Å²) >= 11 is 0. The molecule has 6 nitrogen and oxygen atoms in total. The molecule has 3 rings (SSSR count). The Kier molecular flexibility index (Phi) is 5.85. The zero-order chi connectivity index (χ0) is 18.5. The van der Waals surface area contributed by atoms with E-state index in [1.807, 2.05) is 35.7 Å². The average Bonchev–Trinajstić information content (AvgIpc) is 2.98. The molecule has 0 saturated carbocycles. The van der Waals surface area contributed by atoms with Gasteiger partial charge in [0, 0.05) is 23.9 Å². The summed E-state index contributed by atoms with van der Waals surface area (Å²) < 4.78 is 7.21. The molecule has 0 atom stereocenters. The van der Waals surface area contributed by atoms with Crippen LogP contribution in [0.5, 0.6) is 0 Å². The first-order chi connectivity index (χ1) is 12.6. The molecule has 6 heteroatoms. The number of ether oxygens (including phenoxy) is 1. The van der Waals surface area contributed by atoms with E-state index in [1.165, 1.54) is 0 Å². The molecule has 26 heavy (non-hydrogen) atoms. The maximum absolute atomic E-state index is 8.80. The zero-order valence-corrected chi connectivity index (χ0v) is 15.6. The number of aromatic nitrogens is 3. The Bertz CT molecular complexity index is 859. The van der Waals surface area contributed by atoms with E-state index < -0.39 is 0 Å². The number of aliphatic hydroxyl groups is 1. The zero-order valence-electron chi connectivity index (χ0n) is 15.6. The SMILES string of the molecule is Cc1nn2c(NCCOCCO)cc(C(C)C)nc2c1-c1ccccc1. The Morgan fingerprint density at radius 3 is 2.65 bits per heavy atom. The van der Waals surface area contributed by atoms with Gasteiger partial charge in [-0.1, -0.05) is 44.2 Å². The molecule has 2 N–H and O–H groups in total. The molecule has 2 heterocycles. The molecular weight excluding hydrogens is 328 g/mol. The summed E-state index contributed by atoms with van der Waals surface area (Å²) in [5, 5.41) is 16.9. The van der Waals surface area contributed by atoms with Crippen LogP contribution in [0.2, 0.25) is 0 Å². The van der Waals surface area contributed by atoms with Crippen LogP contribution in [0.3, 0.4) is 0 Å². The van der Waals surface area contributed by atoms with Crippen LogP contribution >= 0.6 is 0 Å². The molecule has 0 spiro atoms. The van der Waals surface area contributed by atoms with Crippen LogP contribution in [0.4, 0.5) is 5.82 Å². The number of hydrogen-bond acceptors (Lipinski definition) is 5. The van der Waals surface area contributed by atoms with Gasteiger partial charge >= 0.3 is 0 Å². The normalized spacial score (nSPS) is 11.4. The molecule has 0 bridgehead atoms. The van der Waals surface area contributed by atoms with Crippen LogP contribution in [0.15, 0.2) is 36.4 Å². The first-order valence-electron chi connectivity index (χ1n) is 9.00. The molecule has 0 aliphatic heterocycles. The van der Waals surface area contributed by atoms with Gasteiger partial charge in [-0.25, -0.2) is 4.98 Å². The molecule has 0 unspecified atom stereocenters. The van der Waals surface area contributed by atoms with Crippen molar-refractivity contribution in [2.45, 2.75) is 26.7 Å². The Balaban J connectivity index is 2.02. The Hall–Kier alpha value is -2.44. The summed E-state index contributed by atoms with van der Waals surface area (Å²) in [6.07, 6.45) is 0. The van der Waals surface area contributed by atoms with E-state index in [0.29, 0.717) is 25.7 Å². The van der Waals surface area contributed by atoms with E-state index in [9.17, 15) is 0 Å². The highest BCUT2D eigenvalue weighted by Gasteiger charge is 2.17. The fourth-order valence-electron chi connectivity index (χ4n) is 2.92. The highest BCUT2D eigenvalue weighted by molar-refractivity contribution is 5.80. The Labute approximate surface area is 153 Å². The van der Waals surface area contributed by atoms with Gasteiger partial charge in [0.15, 0.2) is 5.65 Å². The van der Waals surface area contributed by atoms with Crippen molar-refractivity contribution in [1.29, 1.82) is 0 Å². The van der Waals surface area contributed by atoms with Crippen molar-refractivity contribution < 1.29 is 9.84 Å². The first-order valence-corrected chi connectivity index (χ1v) is 9.00. The molecule has 2 aromatic heterocycles. The van der Waals surface area contributed by atoms with Crippen molar-refractivity contribution in [2.75, 3.05) is 31.7 Å². The quantitative estimate of drug-likeness (QED) is 0.608. The fourth-order valence-corrected chi connectivity index (χ4v) is 2.92. The summed E-state index contributed by atoms with van der Waals surface area (Å²) in [4.78, 5) is 4.89. The van der Waals surface area contributed by atoms with Gasteiger partial charge < -0.3 is 15.2 Å². The van der Waals surface area contributed by atoms with Gasteiger partial charge in [-0.15, -0.1) is 0 Å². The minimum atomic E-state index is 0.0375. The molecule has 0 aliphatic carbocycles. The van der Waals surface area contributed by atoms with E-state index in [0.717, 1.165) is 34.0 Å². The second-order valence-corrected chi connectivity index (χ2v) is 6.55. The van der Waals surface area contributed by atoms with Gasteiger partial charge in [-0.3, -0.25) is 0 Å². The van der Waals surface area contributed by atoms with E-state index in [-0.39, 0.29) is 6.61 Å². The highest BCUT2D eigenvalue weighted by Crippen LogP contribution is 2.30. The van der Waals surface area contributed by atoms with Crippen molar-refractivity contribution in [3.8, 4) is 11.1 Å². The van der Waals surface area contributed by atoms with Gasteiger partial charge in [-0.05, 0) is 18.4 Å². The number of nitrogens with zero attached hydrogens (tertiary/aromatic N) is 3. The largest absolute Gasteiger partial charge is 0.394 e. The number of fused-ring (bicyclic) bond motifs is 1. The predicted molar refractivity (Wildman–Crippen MR) is 104 cm³/mol. The van der Waals surface area contributed by atoms with Crippen LogP contribution in [0, 0.1) is 6.92 Å². The molecule has 0 aliphatic rings. The lowest BCUT2D eigenvalue weighted by Gasteiger charge is -2.13. The maximum Gasteiger partial charge on any atom is 0.165 e. The van der Waals surface area contributed by atoms with Gasteiger partial charge in [0.1, 0.15) is 5.82 Å². The molecule has 0 fully saturated rings. The minimum Gasteiger partial charge on any atom is -0.394 e. The van der Waals surface area contributed by atoms with Gasteiger partial charge in [0.2, 0.25) is 0 Å². The van der Waals surface area contributed by atoms with Crippen LogP contribution in [-0.4, -0.2) is 46.1 Å². The molecule has 138 valence electrons. The van der Waals surface area contributed by atoms with Crippen LogP contribution in [0.25, 0.3) is 16.8 Å². The van der Waals surface area contributed by atoms with Crippen molar-refractivity contribution >= 4 is 11.5 Å². The number of benzene rings is 1. The maximum atomic E-state index is 8.80. The number of nitrogens with one attached hydrogen (secondary N) is 1. The van der Waals surface area contributed by atoms with Crippen molar-refractivity contribution in [2.24, 2.45) is 0 Å². The predicted octanol–water partition coefficient (Wildman–Crippen LogP) is 3.25. The third kappa shape index (κ3) is 3.86. The van der Waals surface area contributed by atoms with E-state index in [1.54, 1.807) is 0 Å². The van der Waals surface area contributed by atoms with Crippen molar-refractivity contribution in [1.82, 2.24) is 14.6 Å². The number of rotatable bonds is 8. The van der Waals surface area contributed by atoms with Crippen LogP contribution in [0.1, 0.15) is 31.2 Å². The van der Waals surface area contributed by atoms with E-state index >= 15 is 0 Å². The Morgan fingerprint density at radius 2 is 1.96 bits per heavy atom. The van der Waals surface area contributed by atoms with Crippen LogP contribution < -0.4 is 5.32 Å². The molecule has 1 aromatic carbocycles. The van der Waals surface area contributed by atoms with E-state index in [2.05, 4.69) is 31.3 Å². The lowest BCUT2D eigenvalue weighted by Crippen LogP contribution is -2.14. The topological polar surface area (TPSA) is 71.7 Å². The van der Waals surface area contributed by atoms with Crippen molar-refractivity contribution in [3.05, 3.63) is 47.8 Å². The Morgan fingerprint density at radius 1 is 1.19 bits per heavy atom. The third-order valence-corrected chi connectivity index (χ3v) is 4.23. The third-order valence-electron chi connectivity index (χ3n) is 4.23. The molecule has 3 aromatic rings. The smallest absolute Gasteiger partial charge is 0.165 e. The number of aliphatic hydroxyl groups excluding tert-OH is 1. The fraction of sp³-hybridized carbons (Fsp3) is 0.400. The second-order valence-electron chi connectivity index (χ2n) is 6.55. The van der Waals surface area contributed by atoms with Crippen LogP contribution in [-0.2, 0) is 4.74 Å². The summed E-state index contributed by atoms with van der Waals surface area (Å²) in [7, 11) is 0. The van der Waals surface area contributed by atoms with Crippen molar-refractivity contribution in [3.63, 3.8) is 0 Å². The number of anilines is 1. The summed E-state index contributed by atoms with van der Waals surface area (Å²) in [5.41, 5.74) is 5.01. The number of aryl methyl sites for hydroxylation is 1. The summed E-state index contributed by atoms with van der Waals surface area (Å²) in [5.74, 6) is 1.21. The summed E-state index contributed by atoms with van der Waals surface area (Å²) in [6, 6.07) is 12.3. The first kappa shape index (κ1) is 18.4. The highest BCUT2D eigenvalue weighted by atomic mass is 16.5. The molecule has 0 amide bonds. The standard InChI is InChI=1S/C20H26N4O2/c1-14(2)17-13-18(21-9-11-26-12-10-25)24-20(22-17)19(15(3)23-24)16-7-5-4-6-8-16/h4-8,13-14,21,25H,9-12H2,1-3H3. The molecule has 0 saturated heterocycles. The van der Waals surface area contributed by atoms with Gasteiger partial charge in [0.05, 0.1) is 25.5 Å². The molecule has 0 radical (unpaired) electrons.